The van der Waals surface area contributed by atoms with Crippen molar-refractivity contribution in [3.05, 3.63) is 41.4 Å². The van der Waals surface area contributed by atoms with Crippen LogP contribution in [0.5, 0.6) is 5.75 Å². The quantitative estimate of drug-likeness (QED) is 0.922. The number of nitrogens with zero attached hydrogens (tertiary/aromatic N) is 2. The van der Waals surface area contributed by atoms with E-state index < -0.39 is 0 Å². The maximum atomic E-state index is 6.15. The molecule has 18 heavy (non-hydrogen) atoms. The molecule has 0 radical (unpaired) electrons. The second-order valence-electron chi connectivity index (χ2n) is 4.11. The summed E-state index contributed by atoms with van der Waals surface area (Å²) in [4.78, 5) is 4.31. The van der Waals surface area contributed by atoms with Crippen molar-refractivity contribution in [1.29, 1.82) is 0 Å². The number of hydrogen-bond donors (Lipinski definition) is 1. The molecule has 4 nitrogen and oxygen atoms in total. The van der Waals surface area contributed by atoms with Gasteiger partial charge >= 0.3 is 0 Å². The van der Waals surface area contributed by atoms with Crippen LogP contribution >= 0.6 is 11.6 Å². The Morgan fingerprint density at radius 2 is 2.22 bits per heavy atom. The van der Waals surface area contributed by atoms with E-state index in [1.54, 1.807) is 13.3 Å². The van der Waals surface area contributed by atoms with E-state index >= 15 is 0 Å². The van der Waals surface area contributed by atoms with E-state index in [4.69, 9.17) is 16.3 Å². The Hall–Kier alpha value is -1.68. The molecule has 1 aromatic heterocycles. The molecule has 0 spiro atoms. The lowest BCUT2D eigenvalue weighted by molar-refractivity contribution is 0.415. The van der Waals surface area contributed by atoms with Crippen molar-refractivity contribution in [2.75, 3.05) is 12.4 Å². The molecule has 0 amide bonds. The van der Waals surface area contributed by atoms with Crippen molar-refractivity contribution in [2.45, 2.75) is 13.0 Å². The van der Waals surface area contributed by atoms with E-state index in [-0.39, 0.29) is 6.04 Å². The molecule has 1 unspecified atom stereocenters. The number of methoxy groups -OCH3 is 1. The predicted octanol–water partition coefficient (Wildman–Crippen LogP) is 3.26. The van der Waals surface area contributed by atoms with Crippen LogP contribution in [0.15, 0.2) is 30.6 Å². The highest BCUT2D eigenvalue weighted by molar-refractivity contribution is 6.33. The fourth-order valence-electron chi connectivity index (χ4n) is 1.83. The fraction of sp³-hybridized carbons (Fsp3) is 0.308. The molecular weight excluding hydrogens is 250 g/mol. The van der Waals surface area contributed by atoms with Crippen LogP contribution < -0.4 is 10.1 Å². The molecule has 1 heterocycles. The molecule has 0 fully saturated rings. The number of nitrogens with one attached hydrogen (secondary N) is 1. The van der Waals surface area contributed by atoms with Gasteiger partial charge in [-0.15, -0.1) is 0 Å². The predicted molar refractivity (Wildman–Crippen MR) is 73.2 cm³/mol. The van der Waals surface area contributed by atoms with Gasteiger partial charge in [0.15, 0.2) is 0 Å². The average Bonchev–Trinajstić information content (AvgIpc) is 2.78. The van der Waals surface area contributed by atoms with Crippen molar-refractivity contribution < 1.29 is 4.74 Å². The first-order valence-electron chi connectivity index (χ1n) is 5.69. The molecule has 2 aromatic rings. The van der Waals surface area contributed by atoms with Gasteiger partial charge < -0.3 is 14.6 Å². The number of ether oxygens (including phenoxy) is 1. The molecule has 0 bridgehead atoms. The number of aryl methyl sites for hydroxylation is 1. The summed E-state index contributed by atoms with van der Waals surface area (Å²) < 4.78 is 7.16. The Morgan fingerprint density at radius 1 is 1.44 bits per heavy atom. The maximum absolute atomic E-state index is 6.15. The van der Waals surface area contributed by atoms with Crippen LogP contribution in [0.1, 0.15) is 18.8 Å². The van der Waals surface area contributed by atoms with Crippen LogP contribution in [0.4, 0.5) is 5.69 Å². The van der Waals surface area contributed by atoms with Gasteiger partial charge in [-0.25, -0.2) is 4.98 Å². The van der Waals surface area contributed by atoms with Gasteiger partial charge in [-0.2, -0.15) is 0 Å². The minimum Gasteiger partial charge on any atom is -0.497 e. The van der Waals surface area contributed by atoms with Crippen molar-refractivity contribution in [2.24, 2.45) is 7.05 Å². The van der Waals surface area contributed by atoms with Crippen LogP contribution in [-0.2, 0) is 7.05 Å². The summed E-state index contributed by atoms with van der Waals surface area (Å²) in [7, 11) is 3.60. The molecule has 0 saturated carbocycles. The van der Waals surface area contributed by atoms with E-state index in [2.05, 4.69) is 10.3 Å². The number of hydrogen-bond acceptors (Lipinski definition) is 3. The lowest BCUT2D eigenvalue weighted by Gasteiger charge is -2.16. The van der Waals surface area contributed by atoms with E-state index in [9.17, 15) is 0 Å². The standard InChI is InChI=1S/C13H16ClN3O/c1-9(13-15-6-7-17(13)2)16-12-8-10(18-3)4-5-11(12)14/h4-9,16H,1-3H3. The largest absolute Gasteiger partial charge is 0.497 e. The molecule has 0 aliphatic rings. The van der Waals surface area contributed by atoms with Gasteiger partial charge in [-0.3, -0.25) is 0 Å². The highest BCUT2D eigenvalue weighted by Gasteiger charge is 2.12. The summed E-state index contributed by atoms with van der Waals surface area (Å²) in [5, 5.41) is 4.00. The first kappa shape index (κ1) is 12.8. The molecular formula is C13H16ClN3O. The van der Waals surface area contributed by atoms with E-state index in [0.29, 0.717) is 5.02 Å². The normalized spacial score (nSPS) is 12.2. The first-order chi connectivity index (χ1) is 8.61. The van der Waals surface area contributed by atoms with E-state index in [0.717, 1.165) is 17.3 Å². The first-order valence-corrected chi connectivity index (χ1v) is 6.07. The van der Waals surface area contributed by atoms with Crippen LogP contribution in [0, 0.1) is 0 Å². The summed E-state index contributed by atoms with van der Waals surface area (Å²) in [5.41, 5.74) is 0.839. The van der Waals surface area contributed by atoms with Gasteiger partial charge in [0.2, 0.25) is 0 Å². The van der Waals surface area contributed by atoms with Crippen molar-refractivity contribution in [3.8, 4) is 5.75 Å². The topological polar surface area (TPSA) is 39.1 Å². The van der Waals surface area contributed by atoms with Gasteiger partial charge in [0.05, 0.1) is 23.9 Å². The lowest BCUT2D eigenvalue weighted by atomic mass is 10.2. The molecule has 2 rings (SSSR count). The zero-order valence-electron chi connectivity index (χ0n) is 10.6. The number of imidazole rings is 1. The lowest BCUT2D eigenvalue weighted by Crippen LogP contribution is -2.12. The second-order valence-corrected chi connectivity index (χ2v) is 4.52. The summed E-state index contributed by atoms with van der Waals surface area (Å²) in [6, 6.07) is 5.59. The van der Waals surface area contributed by atoms with Crippen LogP contribution in [0.3, 0.4) is 0 Å². The van der Waals surface area contributed by atoms with Gasteiger partial charge in [0.25, 0.3) is 0 Å². The minimum atomic E-state index is 0.0645. The van der Waals surface area contributed by atoms with Gasteiger partial charge in [-0.1, -0.05) is 11.6 Å². The molecule has 1 aromatic carbocycles. The summed E-state index contributed by atoms with van der Waals surface area (Å²) >= 11 is 6.15. The molecule has 0 aliphatic heterocycles. The fourth-order valence-corrected chi connectivity index (χ4v) is 2.01. The van der Waals surface area contributed by atoms with Gasteiger partial charge in [0, 0.05) is 25.5 Å². The van der Waals surface area contributed by atoms with Crippen LogP contribution in [-0.4, -0.2) is 16.7 Å². The molecule has 5 heteroatoms. The third kappa shape index (κ3) is 2.59. The summed E-state index contributed by atoms with van der Waals surface area (Å²) in [6.45, 7) is 2.04. The van der Waals surface area contributed by atoms with Crippen LogP contribution in [0.2, 0.25) is 5.02 Å². The van der Waals surface area contributed by atoms with Gasteiger partial charge in [0.1, 0.15) is 11.6 Å². The average molecular weight is 266 g/mol. The van der Waals surface area contributed by atoms with Crippen molar-refractivity contribution in [3.63, 3.8) is 0 Å². The molecule has 96 valence electrons. The maximum Gasteiger partial charge on any atom is 0.130 e. The number of benzene rings is 1. The Morgan fingerprint density at radius 3 is 2.83 bits per heavy atom. The Kier molecular flexibility index (Phi) is 3.77. The Labute approximate surface area is 112 Å². The molecule has 1 atom stereocenters. The van der Waals surface area contributed by atoms with Gasteiger partial charge in [-0.05, 0) is 19.1 Å². The van der Waals surface area contributed by atoms with Crippen LogP contribution in [0.25, 0.3) is 0 Å². The number of anilines is 1. The SMILES string of the molecule is COc1ccc(Cl)c(NC(C)c2nccn2C)c1. The van der Waals surface area contributed by atoms with E-state index in [1.807, 2.05) is 42.9 Å². The highest BCUT2D eigenvalue weighted by Crippen LogP contribution is 2.29. The number of aromatic nitrogens is 2. The molecule has 0 aliphatic carbocycles. The number of rotatable bonds is 4. The second kappa shape index (κ2) is 5.31. The summed E-state index contributed by atoms with van der Waals surface area (Å²) in [6.07, 6.45) is 3.70. The minimum absolute atomic E-state index is 0.0645. The molecule has 1 N–H and O–H groups in total. The Bertz CT molecular complexity index is 539. The zero-order valence-corrected chi connectivity index (χ0v) is 11.4. The Balaban J connectivity index is 2.21. The third-order valence-electron chi connectivity index (χ3n) is 2.79. The van der Waals surface area contributed by atoms with Crippen molar-refractivity contribution in [1.82, 2.24) is 9.55 Å². The smallest absolute Gasteiger partial charge is 0.130 e. The zero-order chi connectivity index (χ0) is 13.1. The number of halogens is 1. The van der Waals surface area contributed by atoms with Crippen molar-refractivity contribution >= 4 is 17.3 Å². The molecule has 0 saturated heterocycles. The highest BCUT2D eigenvalue weighted by atomic mass is 35.5. The third-order valence-corrected chi connectivity index (χ3v) is 3.12. The monoisotopic (exact) mass is 265 g/mol. The van der Waals surface area contributed by atoms with E-state index in [1.165, 1.54) is 0 Å². The summed E-state index contributed by atoms with van der Waals surface area (Å²) in [5.74, 6) is 1.72.